The first-order valence-corrected chi connectivity index (χ1v) is 7.48. The predicted octanol–water partition coefficient (Wildman–Crippen LogP) is 1.39. The van der Waals surface area contributed by atoms with Crippen molar-refractivity contribution < 1.29 is 4.74 Å². The lowest BCUT2D eigenvalue weighted by Gasteiger charge is -2.34. The van der Waals surface area contributed by atoms with E-state index in [4.69, 9.17) is 26.6 Å². The van der Waals surface area contributed by atoms with E-state index in [1.165, 1.54) is 6.08 Å². The Morgan fingerprint density at radius 3 is 3.09 bits per heavy atom. The normalized spacial score (nSPS) is 19.1. The summed E-state index contributed by atoms with van der Waals surface area (Å²) in [6.45, 7) is 4.18. The van der Waals surface area contributed by atoms with Crippen molar-refractivity contribution in [1.29, 1.82) is 5.41 Å². The first-order chi connectivity index (χ1) is 11.1. The van der Waals surface area contributed by atoms with Crippen molar-refractivity contribution in [3.05, 3.63) is 30.1 Å². The van der Waals surface area contributed by atoms with Crippen LogP contribution in [0, 0.1) is 5.41 Å². The van der Waals surface area contributed by atoms with Gasteiger partial charge >= 0.3 is 0 Å². The number of hydrogen-bond acceptors (Lipinski definition) is 7. The van der Waals surface area contributed by atoms with Crippen molar-refractivity contribution in [2.24, 2.45) is 5.73 Å². The molecule has 3 rings (SSSR count). The SMILES string of the molecule is CC1COCCN1c1cc(N)c2ccnc(/C(N)=C/C=N)c2n1. The molecule has 1 atom stereocenters. The van der Waals surface area contributed by atoms with Crippen LogP contribution in [-0.2, 0) is 4.74 Å². The van der Waals surface area contributed by atoms with Gasteiger partial charge in [-0.2, -0.15) is 0 Å². The van der Waals surface area contributed by atoms with Crippen LogP contribution in [0.4, 0.5) is 11.5 Å². The van der Waals surface area contributed by atoms with Crippen molar-refractivity contribution in [1.82, 2.24) is 9.97 Å². The minimum Gasteiger partial charge on any atom is -0.398 e. The van der Waals surface area contributed by atoms with Gasteiger partial charge in [-0.25, -0.2) is 4.98 Å². The number of hydrogen-bond donors (Lipinski definition) is 3. The van der Waals surface area contributed by atoms with E-state index in [1.807, 2.05) is 12.1 Å². The topological polar surface area (TPSA) is 114 Å². The quantitative estimate of drug-likeness (QED) is 0.738. The Kier molecular flexibility index (Phi) is 4.12. The number of morpholine rings is 1. The number of nitrogens with two attached hydrogens (primary N) is 2. The molecular weight excluding hydrogens is 292 g/mol. The van der Waals surface area contributed by atoms with Gasteiger partial charge in [-0.3, -0.25) is 4.98 Å². The molecule has 2 aromatic rings. The molecule has 0 spiro atoms. The average Bonchev–Trinajstić information content (AvgIpc) is 2.55. The minimum atomic E-state index is 0.225. The zero-order valence-corrected chi connectivity index (χ0v) is 13.0. The molecule has 7 heteroatoms. The number of allylic oxidation sites excluding steroid dienone is 1. The molecule has 7 nitrogen and oxygen atoms in total. The van der Waals surface area contributed by atoms with Gasteiger partial charge in [-0.15, -0.1) is 0 Å². The highest BCUT2D eigenvalue weighted by atomic mass is 16.5. The second-order valence-electron chi connectivity index (χ2n) is 5.53. The molecule has 1 saturated heterocycles. The second kappa shape index (κ2) is 6.21. The predicted molar refractivity (Wildman–Crippen MR) is 92.5 cm³/mol. The summed E-state index contributed by atoms with van der Waals surface area (Å²) in [6.07, 6.45) is 4.27. The lowest BCUT2D eigenvalue weighted by molar-refractivity contribution is 0.0986. The summed E-state index contributed by atoms with van der Waals surface area (Å²) in [5.74, 6) is 0.794. The van der Waals surface area contributed by atoms with E-state index in [2.05, 4.69) is 16.8 Å². The van der Waals surface area contributed by atoms with Crippen molar-refractivity contribution in [3.8, 4) is 0 Å². The average molecular weight is 312 g/mol. The number of pyridine rings is 2. The third-order valence-electron chi connectivity index (χ3n) is 3.94. The molecule has 0 saturated carbocycles. The molecule has 1 fully saturated rings. The van der Waals surface area contributed by atoms with Crippen LogP contribution < -0.4 is 16.4 Å². The molecule has 120 valence electrons. The van der Waals surface area contributed by atoms with Crippen LogP contribution in [0.3, 0.4) is 0 Å². The van der Waals surface area contributed by atoms with Gasteiger partial charge in [0.05, 0.1) is 25.0 Å². The minimum absolute atomic E-state index is 0.225. The molecule has 1 aliphatic heterocycles. The summed E-state index contributed by atoms with van der Waals surface area (Å²) in [7, 11) is 0. The summed E-state index contributed by atoms with van der Waals surface area (Å²) in [4.78, 5) is 11.2. The van der Waals surface area contributed by atoms with Gasteiger partial charge in [-0.05, 0) is 19.1 Å². The maximum Gasteiger partial charge on any atom is 0.131 e. The fraction of sp³-hybridized carbons (Fsp3) is 0.312. The number of nitrogen functional groups attached to an aromatic ring is 1. The molecule has 1 aliphatic rings. The summed E-state index contributed by atoms with van der Waals surface area (Å²) in [5, 5.41) is 7.99. The highest BCUT2D eigenvalue weighted by Gasteiger charge is 2.22. The first-order valence-electron chi connectivity index (χ1n) is 7.48. The Hall–Kier alpha value is -2.67. The Balaban J connectivity index is 2.17. The molecule has 0 aliphatic carbocycles. The monoisotopic (exact) mass is 312 g/mol. The summed E-state index contributed by atoms with van der Waals surface area (Å²) in [5.41, 5.74) is 14.5. The van der Waals surface area contributed by atoms with Crippen LogP contribution in [-0.4, -0.2) is 42.0 Å². The van der Waals surface area contributed by atoms with E-state index in [0.29, 0.717) is 35.8 Å². The molecule has 1 unspecified atom stereocenters. The molecule has 0 bridgehead atoms. The maximum atomic E-state index is 7.19. The van der Waals surface area contributed by atoms with E-state index in [9.17, 15) is 0 Å². The largest absolute Gasteiger partial charge is 0.398 e. The van der Waals surface area contributed by atoms with E-state index in [0.717, 1.165) is 24.0 Å². The van der Waals surface area contributed by atoms with Gasteiger partial charge in [0, 0.05) is 36.1 Å². The van der Waals surface area contributed by atoms with Gasteiger partial charge in [0.1, 0.15) is 17.0 Å². The number of fused-ring (bicyclic) bond motifs is 1. The summed E-state index contributed by atoms with van der Waals surface area (Å²) >= 11 is 0. The third-order valence-corrected chi connectivity index (χ3v) is 3.94. The van der Waals surface area contributed by atoms with Gasteiger partial charge in [0.25, 0.3) is 0 Å². The Labute approximate surface area is 134 Å². The molecule has 0 radical (unpaired) electrons. The van der Waals surface area contributed by atoms with Gasteiger partial charge in [-0.1, -0.05) is 0 Å². The van der Waals surface area contributed by atoms with Crippen LogP contribution >= 0.6 is 0 Å². The summed E-state index contributed by atoms with van der Waals surface area (Å²) in [6, 6.07) is 3.93. The van der Waals surface area contributed by atoms with Crippen molar-refractivity contribution in [2.75, 3.05) is 30.4 Å². The van der Waals surface area contributed by atoms with Gasteiger partial charge in [0.2, 0.25) is 0 Å². The van der Waals surface area contributed by atoms with Crippen LogP contribution in [0.25, 0.3) is 16.6 Å². The Bertz CT molecular complexity index is 772. The zero-order chi connectivity index (χ0) is 16.4. The lowest BCUT2D eigenvalue weighted by atomic mass is 10.1. The molecule has 23 heavy (non-hydrogen) atoms. The molecule has 0 aromatic carbocycles. The van der Waals surface area contributed by atoms with Gasteiger partial charge in [0.15, 0.2) is 0 Å². The molecule has 3 heterocycles. The van der Waals surface area contributed by atoms with Crippen LogP contribution in [0.5, 0.6) is 0 Å². The molecular formula is C16H20N6O. The van der Waals surface area contributed by atoms with E-state index in [-0.39, 0.29) is 6.04 Å². The number of rotatable bonds is 3. The second-order valence-corrected chi connectivity index (χ2v) is 5.53. The van der Waals surface area contributed by atoms with Crippen LogP contribution in [0.2, 0.25) is 0 Å². The maximum absolute atomic E-state index is 7.19. The van der Waals surface area contributed by atoms with E-state index < -0.39 is 0 Å². The number of ether oxygens (including phenoxy) is 1. The Morgan fingerprint density at radius 1 is 1.52 bits per heavy atom. The molecule has 5 N–H and O–H groups in total. The van der Waals surface area contributed by atoms with Gasteiger partial charge < -0.3 is 26.5 Å². The summed E-state index contributed by atoms with van der Waals surface area (Å²) < 4.78 is 5.48. The highest BCUT2D eigenvalue weighted by molar-refractivity contribution is 5.98. The number of nitrogens with zero attached hydrogens (tertiary/aromatic N) is 3. The fourth-order valence-electron chi connectivity index (χ4n) is 2.76. The van der Waals surface area contributed by atoms with E-state index >= 15 is 0 Å². The van der Waals surface area contributed by atoms with E-state index in [1.54, 1.807) is 6.20 Å². The third kappa shape index (κ3) is 2.83. The molecule has 2 aromatic heterocycles. The van der Waals surface area contributed by atoms with Crippen molar-refractivity contribution in [3.63, 3.8) is 0 Å². The fourth-order valence-corrected chi connectivity index (χ4v) is 2.76. The number of nitrogens with one attached hydrogen (secondary N) is 1. The standard InChI is InChI=1S/C16H20N6O/c1-10-9-23-7-6-22(10)14-8-13(19)11-3-5-20-16(15(11)21-14)12(18)2-4-17/h2-5,8,10,17H,6-7,9,18H2,1H3,(H2,19,21)/b12-2-,17-4?. The first kappa shape index (κ1) is 15.2. The number of aromatic nitrogens is 2. The smallest absolute Gasteiger partial charge is 0.131 e. The molecule has 0 amide bonds. The highest BCUT2D eigenvalue weighted by Crippen LogP contribution is 2.29. The van der Waals surface area contributed by atoms with Crippen LogP contribution in [0.1, 0.15) is 12.6 Å². The van der Waals surface area contributed by atoms with Crippen molar-refractivity contribution >= 4 is 34.3 Å². The Morgan fingerprint density at radius 2 is 2.35 bits per heavy atom. The lowest BCUT2D eigenvalue weighted by Crippen LogP contribution is -2.44. The van der Waals surface area contributed by atoms with Crippen molar-refractivity contribution in [2.45, 2.75) is 13.0 Å². The zero-order valence-electron chi connectivity index (χ0n) is 13.0. The van der Waals surface area contributed by atoms with Crippen LogP contribution in [0.15, 0.2) is 24.4 Å². The number of anilines is 2.